The highest BCUT2D eigenvalue weighted by Crippen LogP contribution is 2.29. The van der Waals surface area contributed by atoms with Crippen LogP contribution in [-0.4, -0.2) is 54.6 Å². The van der Waals surface area contributed by atoms with Gasteiger partial charge in [-0.1, -0.05) is 23.7 Å². The molecule has 0 bridgehead atoms. The molecule has 1 heterocycles. The second-order valence-corrected chi connectivity index (χ2v) is 9.36. The first-order chi connectivity index (χ1) is 18.3. The number of carbonyl (C=O) groups is 3. The molecule has 0 aromatic heterocycles. The van der Waals surface area contributed by atoms with E-state index in [4.69, 9.17) is 33.3 Å². The number of hydrogen-bond acceptors (Lipinski definition) is 6. The van der Waals surface area contributed by atoms with Crippen molar-refractivity contribution in [1.82, 2.24) is 4.90 Å². The Bertz CT molecular complexity index is 1330. The number of hydrogen-bond donors (Lipinski definition) is 1. The van der Waals surface area contributed by atoms with Crippen molar-refractivity contribution in [3.05, 3.63) is 88.9 Å². The average Bonchev–Trinajstić information content (AvgIpc) is 3.16. The fourth-order valence-corrected chi connectivity index (χ4v) is 4.69. The zero-order valence-electron chi connectivity index (χ0n) is 20.8. The summed E-state index contributed by atoms with van der Waals surface area (Å²) < 4.78 is 9.93. The standard InChI is InChI=1S/C28H26ClN3O5S/c1-36-23-13-11-22(12-14-23)32-26(34)24(31(28(32)38)16-15-18-3-7-20(29)8-4-18)17-25(33)30-21-9-5-19(6-10-21)27(35)37-2/h3-14,24H,15-17H2,1-2H3,(H,30,33). The van der Waals surface area contributed by atoms with Gasteiger partial charge in [-0.25, -0.2) is 4.79 Å². The fraction of sp³-hybridized carbons (Fsp3) is 0.214. The van der Waals surface area contributed by atoms with Crippen LogP contribution in [-0.2, 0) is 20.7 Å². The lowest BCUT2D eigenvalue weighted by Crippen LogP contribution is -2.39. The summed E-state index contributed by atoms with van der Waals surface area (Å²) in [6, 6.07) is 20.0. The summed E-state index contributed by atoms with van der Waals surface area (Å²) in [6.45, 7) is 0.435. The van der Waals surface area contributed by atoms with Crippen LogP contribution in [0.25, 0.3) is 0 Å². The molecule has 38 heavy (non-hydrogen) atoms. The van der Waals surface area contributed by atoms with Crippen molar-refractivity contribution in [1.29, 1.82) is 0 Å². The predicted octanol–water partition coefficient (Wildman–Crippen LogP) is 4.71. The molecule has 1 aliphatic heterocycles. The molecule has 1 atom stereocenters. The number of anilines is 2. The normalized spacial score (nSPS) is 15.0. The van der Waals surface area contributed by atoms with Crippen LogP contribution in [0.5, 0.6) is 5.75 Å². The minimum Gasteiger partial charge on any atom is -0.497 e. The van der Waals surface area contributed by atoms with Crippen LogP contribution < -0.4 is 15.0 Å². The number of benzene rings is 3. The second kappa shape index (κ2) is 12.1. The van der Waals surface area contributed by atoms with Crippen LogP contribution in [0.1, 0.15) is 22.3 Å². The summed E-state index contributed by atoms with van der Waals surface area (Å²) >= 11 is 11.7. The van der Waals surface area contributed by atoms with Gasteiger partial charge in [0, 0.05) is 17.3 Å². The molecule has 1 saturated heterocycles. The van der Waals surface area contributed by atoms with Crippen molar-refractivity contribution >= 4 is 58.1 Å². The van der Waals surface area contributed by atoms with Gasteiger partial charge in [0.25, 0.3) is 5.91 Å². The molecule has 0 saturated carbocycles. The highest BCUT2D eigenvalue weighted by Gasteiger charge is 2.43. The number of carbonyl (C=O) groups excluding carboxylic acids is 3. The number of nitrogens with zero attached hydrogens (tertiary/aromatic N) is 2. The first-order valence-electron chi connectivity index (χ1n) is 11.8. The second-order valence-electron chi connectivity index (χ2n) is 8.56. The molecule has 1 aliphatic rings. The van der Waals surface area contributed by atoms with Gasteiger partial charge >= 0.3 is 5.97 Å². The minimum absolute atomic E-state index is 0.106. The van der Waals surface area contributed by atoms with Gasteiger partial charge < -0.3 is 19.7 Å². The van der Waals surface area contributed by atoms with Gasteiger partial charge in [0.2, 0.25) is 5.91 Å². The third-order valence-corrected chi connectivity index (χ3v) is 6.84. The van der Waals surface area contributed by atoms with E-state index in [2.05, 4.69) is 5.32 Å². The number of rotatable bonds is 9. The molecular formula is C28H26ClN3O5S. The van der Waals surface area contributed by atoms with E-state index in [0.717, 1.165) is 5.56 Å². The Kier molecular flexibility index (Phi) is 8.60. The molecule has 3 aromatic rings. The Hall–Kier alpha value is -3.95. The molecule has 1 N–H and O–H groups in total. The quantitative estimate of drug-likeness (QED) is 0.304. The lowest BCUT2D eigenvalue weighted by molar-refractivity contribution is -0.124. The Morgan fingerprint density at radius 2 is 1.63 bits per heavy atom. The predicted molar refractivity (Wildman–Crippen MR) is 150 cm³/mol. The number of amides is 2. The van der Waals surface area contributed by atoms with E-state index >= 15 is 0 Å². The maximum atomic E-state index is 13.6. The summed E-state index contributed by atoms with van der Waals surface area (Å²) in [5, 5.41) is 3.76. The monoisotopic (exact) mass is 551 g/mol. The summed E-state index contributed by atoms with van der Waals surface area (Å²) in [6.07, 6.45) is 0.499. The van der Waals surface area contributed by atoms with Crippen LogP contribution in [0.4, 0.5) is 11.4 Å². The van der Waals surface area contributed by atoms with Crippen molar-refractivity contribution < 1.29 is 23.9 Å². The first-order valence-corrected chi connectivity index (χ1v) is 12.6. The number of ether oxygens (including phenoxy) is 2. The molecule has 3 aromatic carbocycles. The van der Waals surface area contributed by atoms with E-state index in [0.29, 0.717) is 45.8 Å². The molecule has 0 spiro atoms. The van der Waals surface area contributed by atoms with Gasteiger partial charge in [-0.2, -0.15) is 0 Å². The summed E-state index contributed by atoms with van der Waals surface area (Å²) in [5.41, 5.74) is 2.49. The van der Waals surface area contributed by atoms with E-state index < -0.39 is 12.0 Å². The van der Waals surface area contributed by atoms with Crippen molar-refractivity contribution in [2.45, 2.75) is 18.9 Å². The molecule has 4 rings (SSSR count). The van der Waals surface area contributed by atoms with Crippen molar-refractivity contribution in [3.8, 4) is 5.75 Å². The van der Waals surface area contributed by atoms with Crippen LogP contribution in [0.2, 0.25) is 5.02 Å². The van der Waals surface area contributed by atoms with Crippen molar-refractivity contribution in [3.63, 3.8) is 0 Å². The van der Waals surface area contributed by atoms with E-state index in [1.54, 1.807) is 60.5 Å². The molecule has 8 nitrogen and oxygen atoms in total. The molecular weight excluding hydrogens is 526 g/mol. The SMILES string of the molecule is COC(=O)c1ccc(NC(=O)CC2C(=O)N(c3ccc(OC)cc3)C(=S)N2CCc2ccc(Cl)cc2)cc1. The van der Waals surface area contributed by atoms with Gasteiger partial charge in [-0.15, -0.1) is 0 Å². The van der Waals surface area contributed by atoms with Gasteiger partial charge in [0.15, 0.2) is 5.11 Å². The zero-order valence-corrected chi connectivity index (χ0v) is 22.4. The highest BCUT2D eigenvalue weighted by atomic mass is 35.5. The van der Waals surface area contributed by atoms with Crippen molar-refractivity contribution in [2.75, 3.05) is 31.0 Å². The molecule has 10 heteroatoms. The lowest BCUT2D eigenvalue weighted by atomic mass is 10.1. The van der Waals surface area contributed by atoms with Crippen LogP contribution in [0.3, 0.4) is 0 Å². The molecule has 1 unspecified atom stereocenters. The maximum Gasteiger partial charge on any atom is 0.337 e. The van der Waals surface area contributed by atoms with Gasteiger partial charge in [0.1, 0.15) is 11.8 Å². The van der Waals surface area contributed by atoms with E-state index in [1.165, 1.54) is 12.0 Å². The summed E-state index contributed by atoms with van der Waals surface area (Å²) in [4.78, 5) is 41.5. The Balaban J connectivity index is 1.53. The largest absolute Gasteiger partial charge is 0.497 e. The van der Waals surface area contributed by atoms with Crippen molar-refractivity contribution in [2.24, 2.45) is 0 Å². The number of esters is 1. The van der Waals surface area contributed by atoms with E-state index in [-0.39, 0.29) is 18.2 Å². The fourth-order valence-electron chi connectivity index (χ4n) is 4.15. The van der Waals surface area contributed by atoms with E-state index in [9.17, 15) is 14.4 Å². The molecule has 1 fully saturated rings. The van der Waals surface area contributed by atoms with Crippen LogP contribution >= 0.6 is 23.8 Å². The summed E-state index contributed by atoms with van der Waals surface area (Å²) in [5.74, 6) is -0.458. The zero-order chi connectivity index (χ0) is 27.2. The topological polar surface area (TPSA) is 88.2 Å². The van der Waals surface area contributed by atoms with Crippen LogP contribution in [0.15, 0.2) is 72.8 Å². The first kappa shape index (κ1) is 27.1. The van der Waals surface area contributed by atoms with Gasteiger partial charge in [-0.05, 0) is 84.9 Å². The molecule has 2 amide bonds. The summed E-state index contributed by atoms with van der Waals surface area (Å²) in [7, 11) is 2.87. The van der Waals surface area contributed by atoms with Crippen LogP contribution in [0, 0.1) is 0 Å². The smallest absolute Gasteiger partial charge is 0.337 e. The van der Waals surface area contributed by atoms with Gasteiger partial charge in [-0.3, -0.25) is 14.5 Å². The molecule has 0 aliphatic carbocycles. The molecule has 0 radical (unpaired) electrons. The van der Waals surface area contributed by atoms with E-state index in [1.807, 2.05) is 24.3 Å². The Morgan fingerprint density at radius 3 is 2.24 bits per heavy atom. The number of halogens is 1. The highest BCUT2D eigenvalue weighted by molar-refractivity contribution is 7.80. The third-order valence-electron chi connectivity index (χ3n) is 6.17. The lowest BCUT2D eigenvalue weighted by Gasteiger charge is -2.24. The number of nitrogens with one attached hydrogen (secondary N) is 1. The number of methoxy groups -OCH3 is 2. The minimum atomic E-state index is -0.786. The Morgan fingerprint density at radius 1 is 0.974 bits per heavy atom. The Labute approximate surface area is 231 Å². The maximum absolute atomic E-state index is 13.6. The third kappa shape index (κ3) is 6.12. The van der Waals surface area contributed by atoms with Gasteiger partial charge in [0.05, 0.1) is 31.9 Å². The average molecular weight is 552 g/mol. The number of thiocarbonyl (C=S) groups is 1. The molecule has 196 valence electrons.